The Morgan fingerprint density at radius 2 is 2.41 bits per heavy atom. The fourth-order valence-electron chi connectivity index (χ4n) is 1.49. The number of hydrogen-bond acceptors (Lipinski definition) is 5. The van der Waals surface area contributed by atoms with Crippen molar-refractivity contribution in [2.24, 2.45) is 0 Å². The minimum Gasteiger partial charge on any atom is -0.374 e. The molecule has 0 aliphatic carbocycles. The van der Waals surface area contributed by atoms with Crippen LogP contribution in [0.25, 0.3) is 0 Å². The van der Waals surface area contributed by atoms with Gasteiger partial charge in [-0.1, -0.05) is 6.07 Å². The highest BCUT2D eigenvalue weighted by Gasteiger charge is 2.08. The quantitative estimate of drug-likeness (QED) is 0.897. The second kappa shape index (κ2) is 5.41. The highest BCUT2D eigenvalue weighted by molar-refractivity contribution is 7.10. The van der Waals surface area contributed by atoms with Gasteiger partial charge in [0.05, 0.1) is 5.69 Å². The zero-order chi connectivity index (χ0) is 12.1. The molecular weight excluding hydrogens is 232 g/mol. The normalized spacial score (nSPS) is 9.88. The largest absolute Gasteiger partial charge is 0.374 e. The van der Waals surface area contributed by atoms with E-state index in [0.29, 0.717) is 5.56 Å². The van der Waals surface area contributed by atoms with E-state index < -0.39 is 0 Å². The van der Waals surface area contributed by atoms with Gasteiger partial charge in [-0.3, -0.25) is 4.98 Å². The zero-order valence-electron chi connectivity index (χ0n) is 9.47. The van der Waals surface area contributed by atoms with Crippen molar-refractivity contribution in [1.82, 2.24) is 9.36 Å². The van der Waals surface area contributed by atoms with Crippen LogP contribution in [-0.2, 0) is 6.42 Å². The van der Waals surface area contributed by atoms with Crippen molar-refractivity contribution in [2.45, 2.75) is 13.3 Å². The molecule has 0 atom stereocenters. The van der Waals surface area contributed by atoms with Gasteiger partial charge in [0.15, 0.2) is 0 Å². The van der Waals surface area contributed by atoms with Crippen LogP contribution < -0.4 is 5.32 Å². The van der Waals surface area contributed by atoms with Crippen LogP contribution in [0.1, 0.15) is 16.8 Å². The van der Waals surface area contributed by atoms with E-state index >= 15 is 0 Å². The number of pyridine rings is 1. The second-order valence-corrected chi connectivity index (χ2v) is 4.40. The number of rotatable bonds is 4. The van der Waals surface area contributed by atoms with Crippen molar-refractivity contribution in [1.29, 1.82) is 5.26 Å². The minimum atomic E-state index is 0.654. The van der Waals surface area contributed by atoms with Crippen LogP contribution in [0.2, 0.25) is 0 Å². The molecule has 0 unspecified atom stereocenters. The Morgan fingerprint density at radius 3 is 3.12 bits per heavy atom. The summed E-state index contributed by atoms with van der Waals surface area (Å²) >= 11 is 1.34. The van der Waals surface area contributed by atoms with Crippen molar-refractivity contribution in [3.05, 3.63) is 41.3 Å². The van der Waals surface area contributed by atoms with Gasteiger partial charge in [-0.15, -0.1) is 0 Å². The first kappa shape index (κ1) is 11.6. The molecule has 1 N–H and O–H groups in total. The molecule has 0 fully saturated rings. The lowest BCUT2D eigenvalue weighted by Crippen LogP contribution is -2.04. The first-order valence-corrected chi connectivity index (χ1v) is 6.07. The number of nitrogens with one attached hydrogen (secondary N) is 1. The van der Waals surface area contributed by atoms with Crippen molar-refractivity contribution in [3.8, 4) is 6.07 Å². The number of nitrogens with zero attached hydrogens (tertiary/aromatic N) is 3. The van der Waals surface area contributed by atoms with Gasteiger partial charge in [0, 0.05) is 18.9 Å². The summed E-state index contributed by atoms with van der Waals surface area (Å²) in [5, 5.41) is 13.1. The second-order valence-electron chi connectivity index (χ2n) is 3.62. The molecule has 0 saturated heterocycles. The summed E-state index contributed by atoms with van der Waals surface area (Å²) in [7, 11) is 0. The molecule has 0 aliphatic heterocycles. The molecule has 2 heterocycles. The monoisotopic (exact) mass is 244 g/mol. The zero-order valence-corrected chi connectivity index (χ0v) is 10.3. The molecule has 0 saturated carbocycles. The maximum Gasteiger partial charge on any atom is 0.127 e. The summed E-state index contributed by atoms with van der Waals surface area (Å²) in [6.07, 6.45) is 4.50. The first-order chi connectivity index (χ1) is 8.31. The van der Waals surface area contributed by atoms with E-state index in [1.54, 1.807) is 6.20 Å². The molecule has 0 amide bonds. The fourth-order valence-corrected chi connectivity index (χ4v) is 2.26. The summed E-state index contributed by atoms with van der Waals surface area (Å²) in [6.45, 7) is 2.63. The molecule has 5 heteroatoms. The summed E-state index contributed by atoms with van der Waals surface area (Å²) in [6, 6.07) is 6.13. The smallest absolute Gasteiger partial charge is 0.127 e. The Morgan fingerprint density at radius 1 is 1.53 bits per heavy atom. The Labute approximate surface area is 104 Å². The Balaban J connectivity index is 1.93. The Hall–Kier alpha value is -1.93. The molecule has 0 aliphatic rings. The fraction of sp³-hybridized carbons (Fsp3) is 0.250. The molecule has 2 aromatic rings. The minimum absolute atomic E-state index is 0.654. The Kier molecular flexibility index (Phi) is 3.68. The molecule has 0 bridgehead atoms. The maximum absolute atomic E-state index is 8.97. The molecule has 17 heavy (non-hydrogen) atoms. The van der Waals surface area contributed by atoms with E-state index in [1.807, 2.05) is 25.3 Å². The van der Waals surface area contributed by atoms with Crippen LogP contribution >= 0.6 is 11.5 Å². The van der Waals surface area contributed by atoms with Crippen molar-refractivity contribution in [2.75, 3.05) is 11.9 Å². The highest BCUT2D eigenvalue weighted by Crippen LogP contribution is 2.23. The topological polar surface area (TPSA) is 61.6 Å². The van der Waals surface area contributed by atoms with Gasteiger partial charge in [0.1, 0.15) is 16.6 Å². The average Bonchev–Trinajstić information content (AvgIpc) is 2.71. The Bertz CT molecular complexity index is 527. The van der Waals surface area contributed by atoms with Gasteiger partial charge in [-0.2, -0.15) is 9.64 Å². The SMILES string of the molecule is Cc1nsc(NCCc2cccnc2)c1C#N. The van der Waals surface area contributed by atoms with Crippen molar-refractivity contribution < 1.29 is 0 Å². The third kappa shape index (κ3) is 2.80. The van der Waals surface area contributed by atoms with Gasteiger partial charge in [0.25, 0.3) is 0 Å². The van der Waals surface area contributed by atoms with Gasteiger partial charge in [-0.25, -0.2) is 0 Å². The molecule has 0 spiro atoms. The van der Waals surface area contributed by atoms with E-state index in [9.17, 15) is 0 Å². The lowest BCUT2D eigenvalue weighted by atomic mass is 10.2. The van der Waals surface area contributed by atoms with E-state index in [2.05, 4.69) is 20.7 Å². The van der Waals surface area contributed by atoms with Gasteiger partial charge >= 0.3 is 0 Å². The first-order valence-electron chi connectivity index (χ1n) is 5.30. The lowest BCUT2D eigenvalue weighted by molar-refractivity contribution is 1.01. The number of aromatic nitrogens is 2. The van der Waals surface area contributed by atoms with Crippen LogP contribution in [-0.4, -0.2) is 15.9 Å². The number of nitriles is 1. The predicted octanol–water partition coefficient (Wildman–Crippen LogP) is 2.37. The van der Waals surface area contributed by atoms with E-state index in [-0.39, 0.29) is 0 Å². The van der Waals surface area contributed by atoms with E-state index in [0.717, 1.165) is 23.7 Å². The van der Waals surface area contributed by atoms with Crippen molar-refractivity contribution >= 4 is 16.5 Å². The standard InChI is InChI=1S/C12H12N4S/c1-9-11(7-13)12(17-16-9)15-6-4-10-3-2-5-14-8-10/h2-3,5,8,15H,4,6H2,1H3. The van der Waals surface area contributed by atoms with Gasteiger partial charge in [0.2, 0.25) is 0 Å². The summed E-state index contributed by atoms with van der Waals surface area (Å²) in [4.78, 5) is 4.06. The van der Waals surface area contributed by atoms with Crippen molar-refractivity contribution in [3.63, 3.8) is 0 Å². The third-order valence-electron chi connectivity index (χ3n) is 2.40. The summed E-state index contributed by atoms with van der Waals surface area (Å²) < 4.78 is 4.16. The summed E-state index contributed by atoms with van der Waals surface area (Å²) in [5.74, 6) is 0. The average molecular weight is 244 g/mol. The van der Waals surface area contributed by atoms with Gasteiger partial charge in [-0.05, 0) is 36.5 Å². The number of hydrogen-bond donors (Lipinski definition) is 1. The molecule has 2 rings (SSSR count). The maximum atomic E-state index is 8.97. The van der Waals surface area contributed by atoms with Crippen LogP contribution in [0.3, 0.4) is 0 Å². The van der Waals surface area contributed by atoms with Crippen LogP contribution in [0.5, 0.6) is 0 Å². The van der Waals surface area contributed by atoms with Crippen LogP contribution in [0, 0.1) is 18.3 Å². The summed E-state index contributed by atoms with van der Waals surface area (Å²) in [5.41, 5.74) is 2.63. The predicted molar refractivity (Wildman–Crippen MR) is 68.0 cm³/mol. The highest BCUT2D eigenvalue weighted by atomic mass is 32.1. The van der Waals surface area contributed by atoms with Gasteiger partial charge < -0.3 is 5.32 Å². The van der Waals surface area contributed by atoms with Crippen LogP contribution in [0.15, 0.2) is 24.5 Å². The molecule has 86 valence electrons. The molecule has 2 aromatic heterocycles. The molecule has 4 nitrogen and oxygen atoms in total. The lowest BCUT2D eigenvalue weighted by Gasteiger charge is -2.03. The third-order valence-corrected chi connectivity index (χ3v) is 3.29. The number of anilines is 1. The van der Waals surface area contributed by atoms with E-state index in [1.165, 1.54) is 17.1 Å². The molecule has 0 radical (unpaired) electrons. The molecule has 0 aromatic carbocycles. The van der Waals surface area contributed by atoms with Crippen LogP contribution in [0.4, 0.5) is 5.00 Å². The number of aryl methyl sites for hydroxylation is 1. The molecular formula is C12H12N4S. The van der Waals surface area contributed by atoms with E-state index in [4.69, 9.17) is 5.26 Å².